The number of carboxylic acid groups (broad SMARTS) is 1. The van der Waals surface area contributed by atoms with Gasteiger partial charge in [-0.1, -0.05) is 0 Å². The fourth-order valence-electron chi connectivity index (χ4n) is 1.76. The van der Waals surface area contributed by atoms with Crippen LogP contribution in [0.15, 0.2) is 0 Å². The summed E-state index contributed by atoms with van der Waals surface area (Å²) >= 11 is 0. The lowest BCUT2D eigenvalue weighted by Gasteiger charge is -1.95. The molecule has 0 spiro atoms. The van der Waals surface area contributed by atoms with Crippen LogP contribution in [0.25, 0.3) is 0 Å². The van der Waals surface area contributed by atoms with Crippen LogP contribution in [0.1, 0.15) is 6.42 Å². The highest BCUT2D eigenvalue weighted by Crippen LogP contribution is 2.45. The largest absolute Gasteiger partial charge is 0.481 e. The molecule has 1 heterocycles. The standard InChI is InChI=1S/C6H9NO2/c8-6(9)4-3-1-2-7-5(3)4/h3-5,7H,1-2H2,(H,8,9). The molecule has 1 saturated heterocycles. The van der Waals surface area contributed by atoms with E-state index in [1.54, 1.807) is 0 Å². The van der Waals surface area contributed by atoms with Crippen LogP contribution in [0.4, 0.5) is 0 Å². The van der Waals surface area contributed by atoms with Gasteiger partial charge in [0, 0.05) is 6.04 Å². The molecule has 50 valence electrons. The quantitative estimate of drug-likeness (QED) is 0.507. The summed E-state index contributed by atoms with van der Waals surface area (Å²) < 4.78 is 0. The predicted molar refractivity (Wildman–Crippen MR) is 31.0 cm³/mol. The summed E-state index contributed by atoms with van der Waals surface area (Å²) in [4.78, 5) is 10.3. The van der Waals surface area contributed by atoms with E-state index in [2.05, 4.69) is 5.32 Å². The minimum absolute atomic E-state index is 0.0567. The van der Waals surface area contributed by atoms with Crippen molar-refractivity contribution in [1.29, 1.82) is 0 Å². The Bertz CT molecular complexity index is 147. The van der Waals surface area contributed by atoms with Crippen molar-refractivity contribution < 1.29 is 9.90 Å². The van der Waals surface area contributed by atoms with E-state index in [9.17, 15) is 4.79 Å². The average molecular weight is 127 g/mol. The number of nitrogens with one attached hydrogen (secondary N) is 1. The molecule has 3 heteroatoms. The third-order valence-electron chi connectivity index (χ3n) is 2.31. The van der Waals surface area contributed by atoms with E-state index in [0.717, 1.165) is 13.0 Å². The van der Waals surface area contributed by atoms with Gasteiger partial charge in [0.25, 0.3) is 0 Å². The van der Waals surface area contributed by atoms with Crippen molar-refractivity contribution in [2.75, 3.05) is 6.54 Å². The molecule has 2 aliphatic rings. The van der Waals surface area contributed by atoms with Gasteiger partial charge in [0.2, 0.25) is 0 Å². The summed E-state index contributed by atoms with van der Waals surface area (Å²) in [5, 5.41) is 11.7. The Balaban J connectivity index is 2.02. The van der Waals surface area contributed by atoms with Gasteiger partial charge in [-0.25, -0.2) is 0 Å². The number of hydrogen-bond acceptors (Lipinski definition) is 2. The Labute approximate surface area is 53.1 Å². The zero-order valence-corrected chi connectivity index (χ0v) is 5.00. The van der Waals surface area contributed by atoms with Gasteiger partial charge >= 0.3 is 5.97 Å². The lowest BCUT2D eigenvalue weighted by atomic mass is 10.2. The Morgan fingerprint density at radius 1 is 1.67 bits per heavy atom. The molecular weight excluding hydrogens is 118 g/mol. The summed E-state index contributed by atoms with van der Waals surface area (Å²) in [5.74, 6) is -0.224. The van der Waals surface area contributed by atoms with Crippen LogP contribution in [0.3, 0.4) is 0 Å². The van der Waals surface area contributed by atoms with Gasteiger partial charge < -0.3 is 10.4 Å². The first kappa shape index (κ1) is 5.23. The lowest BCUT2D eigenvalue weighted by molar-refractivity contribution is -0.139. The molecule has 0 aromatic heterocycles. The smallest absolute Gasteiger partial charge is 0.308 e. The van der Waals surface area contributed by atoms with Crippen molar-refractivity contribution in [3.63, 3.8) is 0 Å². The molecule has 3 nitrogen and oxygen atoms in total. The molecule has 9 heavy (non-hydrogen) atoms. The monoisotopic (exact) mass is 127 g/mol. The van der Waals surface area contributed by atoms with Crippen LogP contribution in [0, 0.1) is 11.8 Å². The number of piperidine rings is 1. The summed E-state index contributed by atoms with van der Waals surface area (Å²) in [7, 11) is 0. The molecule has 0 aromatic carbocycles. The molecule has 2 N–H and O–H groups in total. The molecule has 1 saturated carbocycles. The summed E-state index contributed by atoms with van der Waals surface area (Å²) in [6.45, 7) is 1.01. The molecule has 0 aromatic rings. The highest BCUT2D eigenvalue weighted by atomic mass is 16.4. The maximum atomic E-state index is 10.3. The predicted octanol–water partition coefficient (Wildman–Crippen LogP) is -0.321. The van der Waals surface area contributed by atoms with Gasteiger partial charge in [-0.2, -0.15) is 0 Å². The zero-order chi connectivity index (χ0) is 6.43. The van der Waals surface area contributed by atoms with E-state index in [4.69, 9.17) is 5.11 Å². The summed E-state index contributed by atoms with van der Waals surface area (Å²) in [6, 6.07) is 0.322. The number of aliphatic carboxylic acids is 1. The van der Waals surface area contributed by atoms with E-state index in [1.807, 2.05) is 0 Å². The molecule has 0 amide bonds. The van der Waals surface area contributed by atoms with Crippen LogP contribution in [-0.2, 0) is 4.79 Å². The van der Waals surface area contributed by atoms with Crippen molar-refractivity contribution in [2.45, 2.75) is 12.5 Å². The van der Waals surface area contributed by atoms with Gasteiger partial charge in [-0.05, 0) is 18.9 Å². The second-order valence-electron chi connectivity index (χ2n) is 2.80. The average Bonchev–Trinajstić information content (AvgIpc) is 2.30. The maximum Gasteiger partial charge on any atom is 0.308 e. The molecule has 1 aliphatic heterocycles. The van der Waals surface area contributed by atoms with Gasteiger partial charge in [0.15, 0.2) is 0 Å². The van der Waals surface area contributed by atoms with Crippen LogP contribution in [0.5, 0.6) is 0 Å². The SMILES string of the molecule is O=C(O)C1C2CCNC21. The second kappa shape index (κ2) is 1.48. The van der Waals surface area contributed by atoms with Gasteiger partial charge in [-0.15, -0.1) is 0 Å². The first-order chi connectivity index (χ1) is 4.30. The summed E-state index contributed by atoms with van der Waals surface area (Å²) in [6.07, 6.45) is 1.06. The van der Waals surface area contributed by atoms with Crippen LogP contribution in [0.2, 0.25) is 0 Å². The highest BCUT2D eigenvalue weighted by Gasteiger charge is 2.57. The molecule has 3 atom stereocenters. The molecule has 2 rings (SSSR count). The Hall–Kier alpha value is -0.570. The maximum absolute atomic E-state index is 10.3. The zero-order valence-electron chi connectivity index (χ0n) is 5.00. The number of rotatable bonds is 1. The molecule has 1 aliphatic carbocycles. The van der Waals surface area contributed by atoms with E-state index in [1.165, 1.54) is 0 Å². The minimum Gasteiger partial charge on any atom is -0.481 e. The molecule has 0 radical (unpaired) electrons. The van der Waals surface area contributed by atoms with Gasteiger partial charge in [0.1, 0.15) is 0 Å². The van der Waals surface area contributed by atoms with Crippen LogP contribution < -0.4 is 5.32 Å². The number of carbonyl (C=O) groups is 1. The normalized spacial score (nSPS) is 46.4. The lowest BCUT2D eigenvalue weighted by Crippen LogP contribution is -2.18. The van der Waals surface area contributed by atoms with E-state index in [-0.39, 0.29) is 5.92 Å². The number of carboxylic acids is 1. The Morgan fingerprint density at radius 2 is 2.44 bits per heavy atom. The minimum atomic E-state index is -0.628. The first-order valence-corrected chi connectivity index (χ1v) is 3.27. The molecule has 0 bridgehead atoms. The molecular formula is C6H9NO2. The van der Waals surface area contributed by atoms with Crippen LogP contribution >= 0.6 is 0 Å². The third-order valence-corrected chi connectivity index (χ3v) is 2.31. The topological polar surface area (TPSA) is 49.3 Å². The van der Waals surface area contributed by atoms with Crippen molar-refractivity contribution in [3.8, 4) is 0 Å². The third kappa shape index (κ3) is 0.580. The van der Waals surface area contributed by atoms with Crippen molar-refractivity contribution in [3.05, 3.63) is 0 Å². The Kier molecular flexibility index (Phi) is 0.858. The Morgan fingerprint density at radius 3 is 2.78 bits per heavy atom. The van der Waals surface area contributed by atoms with Crippen molar-refractivity contribution in [1.82, 2.24) is 5.32 Å². The van der Waals surface area contributed by atoms with Gasteiger partial charge in [0.05, 0.1) is 5.92 Å². The van der Waals surface area contributed by atoms with E-state index in [0.29, 0.717) is 12.0 Å². The number of fused-ring (bicyclic) bond motifs is 1. The van der Waals surface area contributed by atoms with Gasteiger partial charge in [-0.3, -0.25) is 4.79 Å². The fourth-order valence-corrected chi connectivity index (χ4v) is 1.76. The van der Waals surface area contributed by atoms with Crippen LogP contribution in [-0.4, -0.2) is 23.7 Å². The highest BCUT2D eigenvalue weighted by molar-refractivity contribution is 5.75. The number of hydrogen-bond donors (Lipinski definition) is 2. The first-order valence-electron chi connectivity index (χ1n) is 3.27. The summed E-state index contributed by atoms with van der Waals surface area (Å²) in [5.41, 5.74) is 0. The second-order valence-corrected chi connectivity index (χ2v) is 2.80. The van der Waals surface area contributed by atoms with E-state index < -0.39 is 5.97 Å². The van der Waals surface area contributed by atoms with Crippen molar-refractivity contribution in [2.24, 2.45) is 11.8 Å². The van der Waals surface area contributed by atoms with Crippen molar-refractivity contribution >= 4 is 5.97 Å². The fraction of sp³-hybridized carbons (Fsp3) is 0.833. The molecule has 3 unspecified atom stereocenters. The molecule has 2 fully saturated rings. The van der Waals surface area contributed by atoms with E-state index >= 15 is 0 Å².